The minimum atomic E-state index is 0.167. The number of hydrogen-bond donors (Lipinski definition) is 1. The molecule has 1 fully saturated rings. The number of ether oxygens (including phenoxy) is 1. The van der Waals surface area contributed by atoms with Gasteiger partial charge in [0.2, 0.25) is 0 Å². The Morgan fingerprint density at radius 1 is 1.50 bits per heavy atom. The Hall–Kier alpha value is -0.450. The fourth-order valence-electron chi connectivity index (χ4n) is 2.03. The van der Waals surface area contributed by atoms with Crippen LogP contribution in [-0.4, -0.2) is 30.8 Å². The highest BCUT2D eigenvalue weighted by Crippen LogP contribution is 2.23. The van der Waals surface area contributed by atoms with Gasteiger partial charge in [0.1, 0.15) is 0 Å². The van der Waals surface area contributed by atoms with Gasteiger partial charge in [0, 0.05) is 36.9 Å². The predicted molar refractivity (Wildman–Crippen MR) is 76.4 cm³/mol. The molecule has 1 aliphatic rings. The molecule has 0 spiro atoms. The lowest BCUT2D eigenvalue weighted by atomic mass is 9.93. The van der Waals surface area contributed by atoms with E-state index in [1.807, 2.05) is 0 Å². The Morgan fingerprint density at radius 2 is 2.33 bits per heavy atom. The molecule has 0 aliphatic carbocycles. The van der Waals surface area contributed by atoms with Gasteiger partial charge in [0.15, 0.2) is 0 Å². The van der Waals surface area contributed by atoms with Crippen LogP contribution in [0.3, 0.4) is 0 Å². The van der Waals surface area contributed by atoms with Crippen LogP contribution in [0.4, 0.5) is 0 Å². The second-order valence-electron chi connectivity index (χ2n) is 5.97. The van der Waals surface area contributed by atoms with Gasteiger partial charge < -0.3 is 10.1 Å². The molecule has 3 nitrogen and oxygen atoms in total. The summed E-state index contributed by atoms with van der Waals surface area (Å²) in [4.78, 5) is 4.70. The predicted octanol–water partition coefficient (Wildman–Crippen LogP) is 2.75. The van der Waals surface area contributed by atoms with E-state index in [9.17, 15) is 0 Å². The average molecular weight is 268 g/mol. The smallest absolute Gasteiger partial charge is 0.0941 e. The van der Waals surface area contributed by atoms with Crippen molar-refractivity contribution in [3.8, 4) is 0 Å². The van der Waals surface area contributed by atoms with Crippen LogP contribution >= 0.6 is 11.3 Å². The highest BCUT2D eigenvalue weighted by molar-refractivity contribution is 7.09. The Balaban J connectivity index is 1.68. The molecule has 2 rings (SSSR count). The normalized spacial score (nSPS) is 20.5. The first-order valence-corrected chi connectivity index (χ1v) is 7.71. The number of hydrogen-bond acceptors (Lipinski definition) is 4. The van der Waals surface area contributed by atoms with Crippen molar-refractivity contribution in [2.45, 2.75) is 51.6 Å². The van der Waals surface area contributed by atoms with Crippen LogP contribution in [0.2, 0.25) is 0 Å². The average Bonchev–Trinajstić information content (AvgIpc) is 2.95. The number of nitrogens with one attached hydrogen (secondary N) is 1. The van der Waals surface area contributed by atoms with E-state index in [1.165, 1.54) is 23.5 Å². The second-order valence-corrected chi connectivity index (χ2v) is 6.91. The van der Waals surface area contributed by atoms with Gasteiger partial charge in [0.05, 0.1) is 16.8 Å². The quantitative estimate of drug-likeness (QED) is 0.834. The molecule has 1 atom stereocenters. The fraction of sp³-hybridized carbons (Fsp3) is 0.786. The molecule has 1 unspecified atom stereocenters. The Morgan fingerprint density at radius 3 is 2.94 bits per heavy atom. The second kappa shape index (κ2) is 6.13. The summed E-state index contributed by atoms with van der Waals surface area (Å²) in [5, 5.41) is 6.89. The first-order chi connectivity index (χ1) is 8.55. The maximum atomic E-state index is 5.58. The van der Waals surface area contributed by atoms with Crippen molar-refractivity contribution in [3.05, 3.63) is 16.1 Å². The first kappa shape index (κ1) is 14.0. The van der Waals surface area contributed by atoms with Gasteiger partial charge >= 0.3 is 0 Å². The van der Waals surface area contributed by atoms with Gasteiger partial charge in [-0.15, -0.1) is 11.3 Å². The maximum Gasteiger partial charge on any atom is 0.0941 e. The Kier molecular flexibility index (Phi) is 4.76. The Bertz CT molecular complexity index is 364. The zero-order chi connectivity index (χ0) is 13.0. The van der Waals surface area contributed by atoms with Crippen LogP contribution in [0, 0.1) is 0 Å². The molecule has 1 saturated heterocycles. The minimum Gasteiger partial charge on any atom is -0.377 e. The van der Waals surface area contributed by atoms with Crippen molar-refractivity contribution in [2.24, 2.45) is 0 Å². The van der Waals surface area contributed by atoms with Gasteiger partial charge in [-0.2, -0.15) is 0 Å². The molecular formula is C14H24N2OS. The third-order valence-corrected chi connectivity index (χ3v) is 4.14. The van der Waals surface area contributed by atoms with Crippen molar-refractivity contribution < 1.29 is 4.74 Å². The van der Waals surface area contributed by atoms with Crippen molar-refractivity contribution in [3.63, 3.8) is 0 Å². The molecule has 1 aromatic heterocycles. The van der Waals surface area contributed by atoms with Gasteiger partial charge in [-0.1, -0.05) is 20.8 Å². The summed E-state index contributed by atoms with van der Waals surface area (Å²) in [6, 6.07) is 0. The number of aromatic nitrogens is 1. The zero-order valence-electron chi connectivity index (χ0n) is 11.7. The topological polar surface area (TPSA) is 34.1 Å². The summed E-state index contributed by atoms with van der Waals surface area (Å²) in [7, 11) is 0. The lowest BCUT2D eigenvalue weighted by molar-refractivity contribution is 0.110. The molecule has 2 heterocycles. The van der Waals surface area contributed by atoms with Crippen LogP contribution in [-0.2, 0) is 16.6 Å². The van der Waals surface area contributed by atoms with Crippen molar-refractivity contribution >= 4 is 11.3 Å². The molecule has 102 valence electrons. The van der Waals surface area contributed by atoms with E-state index in [2.05, 4.69) is 31.5 Å². The van der Waals surface area contributed by atoms with E-state index in [0.29, 0.717) is 6.10 Å². The lowest BCUT2D eigenvalue weighted by Crippen LogP contribution is -2.27. The molecule has 0 bridgehead atoms. The third kappa shape index (κ3) is 4.04. The van der Waals surface area contributed by atoms with Crippen molar-refractivity contribution in [2.75, 3.05) is 19.7 Å². The van der Waals surface area contributed by atoms with Gasteiger partial charge in [-0.25, -0.2) is 4.98 Å². The summed E-state index contributed by atoms with van der Waals surface area (Å²) >= 11 is 1.78. The monoisotopic (exact) mass is 268 g/mol. The highest BCUT2D eigenvalue weighted by Gasteiger charge is 2.17. The van der Waals surface area contributed by atoms with E-state index in [4.69, 9.17) is 9.72 Å². The third-order valence-electron chi connectivity index (χ3n) is 3.23. The van der Waals surface area contributed by atoms with Gasteiger partial charge in [-0.05, 0) is 12.8 Å². The molecule has 0 saturated carbocycles. The SMILES string of the molecule is CC(C)(C)c1csc(CCNCC2CCCO2)n1. The van der Waals surface area contributed by atoms with Crippen LogP contribution < -0.4 is 5.32 Å². The number of nitrogens with zero attached hydrogens (tertiary/aromatic N) is 1. The summed E-state index contributed by atoms with van der Waals surface area (Å²) in [5.41, 5.74) is 1.38. The van der Waals surface area contributed by atoms with E-state index in [1.54, 1.807) is 11.3 Å². The van der Waals surface area contributed by atoms with E-state index in [-0.39, 0.29) is 5.41 Å². The van der Waals surface area contributed by atoms with Gasteiger partial charge in [0.25, 0.3) is 0 Å². The summed E-state index contributed by atoms with van der Waals surface area (Å²) in [5.74, 6) is 0. The number of thiazole rings is 1. The largest absolute Gasteiger partial charge is 0.377 e. The molecule has 18 heavy (non-hydrogen) atoms. The summed E-state index contributed by atoms with van der Waals surface area (Å²) in [6.07, 6.45) is 3.88. The molecule has 0 amide bonds. The summed E-state index contributed by atoms with van der Waals surface area (Å²) in [6.45, 7) is 9.55. The maximum absolute atomic E-state index is 5.58. The molecule has 1 N–H and O–H groups in total. The van der Waals surface area contributed by atoms with Crippen molar-refractivity contribution in [1.29, 1.82) is 0 Å². The standard InChI is InChI=1S/C14H24N2OS/c1-14(2,3)12-10-18-13(16-12)6-7-15-9-11-5-4-8-17-11/h10-11,15H,4-9H2,1-3H3. The minimum absolute atomic E-state index is 0.167. The molecular weight excluding hydrogens is 244 g/mol. The lowest BCUT2D eigenvalue weighted by Gasteiger charge is -2.14. The summed E-state index contributed by atoms with van der Waals surface area (Å²) < 4.78 is 5.58. The van der Waals surface area contributed by atoms with E-state index >= 15 is 0 Å². The fourth-order valence-corrected chi connectivity index (χ4v) is 3.06. The van der Waals surface area contributed by atoms with Crippen LogP contribution in [0.25, 0.3) is 0 Å². The number of rotatable bonds is 5. The van der Waals surface area contributed by atoms with Crippen molar-refractivity contribution in [1.82, 2.24) is 10.3 Å². The molecule has 0 radical (unpaired) electrons. The van der Waals surface area contributed by atoms with Crippen LogP contribution in [0.15, 0.2) is 5.38 Å². The highest BCUT2D eigenvalue weighted by atomic mass is 32.1. The Labute approximate surface area is 114 Å². The molecule has 1 aromatic rings. The molecule has 1 aliphatic heterocycles. The van der Waals surface area contributed by atoms with Crippen LogP contribution in [0.1, 0.15) is 44.3 Å². The van der Waals surface area contributed by atoms with Gasteiger partial charge in [-0.3, -0.25) is 0 Å². The molecule has 4 heteroatoms. The zero-order valence-corrected chi connectivity index (χ0v) is 12.5. The van der Waals surface area contributed by atoms with E-state index < -0.39 is 0 Å². The van der Waals surface area contributed by atoms with E-state index in [0.717, 1.165) is 26.1 Å². The molecule has 0 aromatic carbocycles. The van der Waals surface area contributed by atoms with Crippen LogP contribution in [0.5, 0.6) is 0 Å². The first-order valence-electron chi connectivity index (χ1n) is 6.83.